The lowest BCUT2D eigenvalue weighted by atomic mass is 10.0. The molecule has 2 aromatic carbocycles. The minimum absolute atomic E-state index is 0.00994. The number of carbonyl (C=O) groups excluding carboxylic acids is 1. The summed E-state index contributed by atoms with van der Waals surface area (Å²) in [6.07, 6.45) is 0.152. The third-order valence-electron chi connectivity index (χ3n) is 4.01. The van der Waals surface area contributed by atoms with Crippen molar-refractivity contribution in [2.24, 2.45) is 5.92 Å². The number of nitrogens with one attached hydrogen (secondary N) is 3. The fourth-order valence-electron chi connectivity index (χ4n) is 2.49. The van der Waals surface area contributed by atoms with Gasteiger partial charge >= 0.3 is 0 Å². The number of halogens is 3. The molecule has 0 fully saturated rings. The molecule has 1 amide bonds. The van der Waals surface area contributed by atoms with Crippen molar-refractivity contribution in [1.29, 1.82) is 0 Å². The molecule has 2 aromatic rings. The molecule has 0 spiro atoms. The van der Waals surface area contributed by atoms with E-state index in [1.165, 1.54) is 12.1 Å². The van der Waals surface area contributed by atoms with Crippen molar-refractivity contribution in [3.8, 4) is 0 Å². The first kappa shape index (κ1) is 22.7. The number of amides is 1. The van der Waals surface area contributed by atoms with Gasteiger partial charge < -0.3 is 0 Å². The summed E-state index contributed by atoms with van der Waals surface area (Å²) in [5.74, 6) is -5.43. The van der Waals surface area contributed by atoms with Crippen molar-refractivity contribution in [3.05, 3.63) is 59.4 Å². The summed E-state index contributed by atoms with van der Waals surface area (Å²) in [6.45, 7) is 5.40. The maximum absolute atomic E-state index is 13.7. The summed E-state index contributed by atoms with van der Waals surface area (Å²) in [7, 11) is -3.99. The van der Waals surface area contributed by atoms with Crippen LogP contribution in [0, 0.1) is 30.3 Å². The predicted molar refractivity (Wildman–Crippen MR) is 103 cm³/mol. The van der Waals surface area contributed by atoms with Gasteiger partial charge in [0.1, 0.15) is 6.04 Å². The van der Waals surface area contributed by atoms with E-state index in [0.717, 1.165) is 11.6 Å². The van der Waals surface area contributed by atoms with Crippen molar-refractivity contribution in [2.75, 3.05) is 5.43 Å². The first-order valence-corrected chi connectivity index (χ1v) is 10.3. The molecule has 2 rings (SSSR count). The van der Waals surface area contributed by atoms with Crippen molar-refractivity contribution in [1.82, 2.24) is 10.1 Å². The molecule has 6 nitrogen and oxygen atoms in total. The lowest BCUT2D eigenvalue weighted by Gasteiger charge is -2.21. The molecule has 1 atom stereocenters. The van der Waals surface area contributed by atoms with Crippen LogP contribution >= 0.6 is 0 Å². The monoisotopic (exact) mass is 429 g/mol. The van der Waals surface area contributed by atoms with E-state index in [1.54, 1.807) is 26.0 Å². The van der Waals surface area contributed by atoms with Crippen LogP contribution < -0.4 is 15.6 Å². The zero-order valence-electron chi connectivity index (χ0n) is 16.1. The lowest BCUT2D eigenvalue weighted by molar-refractivity contribution is -0.122. The molecule has 0 heterocycles. The summed E-state index contributed by atoms with van der Waals surface area (Å²) < 4.78 is 67.5. The van der Waals surface area contributed by atoms with Gasteiger partial charge in [-0.3, -0.25) is 15.6 Å². The number of benzene rings is 2. The van der Waals surface area contributed by atoms with Crippen LogP contribution in [0.15, 0.2) is 41.3 Å². The van der Waals surface area contributed by atoms with Crippen molar-refractivity contribution >= 4 is 21.6 Å². The van der Waals surface area contributed by atoms with Gasteiger partial charge in [-0.2, -0.15) is 4.72 Å². The summed E-state index contributed by atoms with van der Waals surface area (Å²) in [5.41, 5.74) is 4.66. The van der Waals surface area contributed by atoms with E-state index in [4.69, 9.17) is 0 Å². The van der Waals surface area contributed by atoms with Crippen LogP contribution in [0.1, 0.15) is 25.8 Å². The minimum atomic E-state index is -3.99. The van der Waals surface area contributed by atoms with Gasteiger partial charge in [0, 0.05) is 0 Å². The van der Waals surface area contributed by atoms with Gasteiger partial charge in [0.25, 0.3) is 5.91 Å². The van der Waals surface area contributed by atoms with E-state index < -0.39 is 45.1 Å². The third kappa shape index (κ3) is 5.94. The minimum Gasteiger partial charge on any atom is -0.295 e. The predicted octanol–water partition coefficient (Wildman–Crippen LogP) is 3.25. The second-order valence-electron chi connectivity index (χ2n) is 6.95. The molecule has 0 saturated carbocycles. The Morgan fingerprint density at radius 1 is 1.00 bits per heavy atom. The number of hydrogen-bond donors (Lipinski definition) is 3. The highest BCUT2D eigenvalue weighted by molar-refractivity contribution is 7.89. The van der Waals surface area contributed by atoms with Gasteiger partial charge in [0.15, 0.2) is 17.5 Å². The van der Waals surface area contributed by atoms with Crippen LogP contribution in [0.4, 0.5) is 18.9 Å². The fraction of sp³-hybridized carbons (Fsp3) is 0.316. The van der Waals surface area contributed by atoms with E-state index >= 15 is 0 Å². The molecule has 1 unspecified atom stereocenters. The Bertz CT molecular complexity index is 980. The number of hydrogen-bond acceptors (Lipinski definition) is 4. The molecule has 0 aromatic heterocycles. The fourth-order valence-corrected chi connectivity index (χ4v) is 3.70. The molecule has 0 saturated heterocycles. The van der Waals surface area contributed by atoms with E-state index in [2.05, 4.69) is 15.6 Å². The molecular formula is C19H22F3N3O3S. The SMILES string of the molecule is Cc1ccc(S(=O)(=O)NC(CC(C)C)C(=O)NNc2ccc(F)c(F)c2F)cc1. The van der Waals surface area contributed by atoms with Gasteiger partial charge in [-0.25, -0.2) is 21.6 Å². The summed E-state index contributed by atoms with van der Waals surface area (Å²) in [6, 6.07) is 6.50. The first-order valence-electron chi connectivity index (χ1n) is 8.79. The van der Waals surface area contributed by atoms with Gasteiger partial charge in [0.05, 0.1) is 10.6 Å². The zero-order valence-corrected chi connectivity index (χ0v) is 16.9. The number of hydrazine groups is 1. The van der Waals surface area contributed by atoms with Crippen LogP contribution in [0.25, 0.3) is 0 Å². The highest BCUT2D eigenvalue weighted by Crippen LogP contribution is 2.19. The lowest BCUT2D eigenvalue weighted by Crippen LogP contribution is -2.48. The van der Waals surface area contributed by atoms with Crippen LogP contribution in [-0.2, 0) is 14.8 Å². The van der Waals surface area contributed by atoms with Crippen LogP contribution in [-0.4, -0.2) is 20.4 Å². The standard InChI is InChI=1S/C19H22F3N3O3S/c1-11(2)10-16(25-29(27,28)13-6-4-12(3)5-7-13)19(26)24-23-15-9-8-14(20)17(21)18(15)22/h4-9,11,16,23,25H,10H2,1-3H3,(H,24,26). The Morgan fingerprint density at radius 2 is 1.62 bits per heavy atom. The summed E-state index contributed by atoms with van der Waals surface area (Å²) >= 11 is 0. The van der Waals surface area contributed by atoms with Crippen molar-refractivity contribution in [2.45, 2.75) is 38.1 Å². The van der Waals surface area contributed by atoms with Crippen molar-refractivity contribution < 1.29 is 26.4 Å². The average molecular weight is 429 g/mol. The maximum Gasteiger partial charge on any atom is 0.256 e. The molecule has 3 N–H and O–H groups in total. The topological polar surface area (TPSA) is 87.3 Å². The maximum atomic E-state index is 13.7. The Kier molecular flexibility index (Phi) is 7.26. The number of aryl methyl sites for hydroxylation is 1. The van der Waals surface area contributed by atoms with E-state index in [-0.39, 0.29) is 17.2 Å². The normalized spacial score (nSPS) is 12.7. The molecule has 29 heavy (non-hydrogen) atoms. The van der Waals surface area contributed by atoms with Gasteiger partial charge in [0.2, 0.25) is 10.0 Å². The van der Waals surface area contributed by atoms with Gasteiger partial charge in [-0.05, 0) is 43.5 Å². The molecule has 0 aliphatic rings. The van der Waals surface area contributed by atoms with Gasteiger partial charge in [-0.15, -0.1) is 0 Å². The van der Waals surface area contributed by atoms with E-state index in [9.17, 15) is 26.4 Å². The summed E-state index contributed by atoms with van der Waals surface area (Å²) in [4.78, 5) is 12.5. The Hall–Kier alpha value is -2.59. The smallest absolute Gasteiger partial charge is 0.256 e. The van der Waals surface area contributed by atoms with Crippen LogP contribution in [0.3, 0.4) is 0 Å². The van der Waals surface area contributed by atoms with E-state index in [0.29, 0.717) is 6.07 Å². The highest BCUT2D eigenvalue weighted by Gasteiger charge is 2.27. The first-order chi connectivity index (χ1) is 13.5. The zero-order chi connectivity index (χ0) is 21.8. The Morgan fingerprint density at radius 3 is 2.21 bits per heavy atom. The Labute approximate surface area is 167 Å². The Balaban J connectivity index is 2.16. The van der Waals surface area contributed by atoms with E-state index in [1.807, 2.05) is 6.92 Å². The second kappa shape index (κ2) is 9.27. The average Bonchev–Trinajstić information content (AvgIpc) is 2.64. The highest BCUT2D eigenvalue weighted by atomic mass is 32.2. The number of carbonyl (C=O) groups is 1. The number of anilines is 1. The largest absolute Gasteiger partial charge is 0.295 e. The number of sulfonamides is 1. The molecule has 0 bridgehead atoms. The summed E-state index contributed by atoms with van der Waals surface area (Å²) in [5, 5.41) is 0. The molecule has 0 aliphatic carbocycles. The van der Waals surface area contributed by atoms with Crippen molar-refractivity contribution in [3.63, 3.8) is 0 Å². The molecular weight excluding hydrogens is 407 g/mol. The quantitative estimate of drug-likeness (QED) is 0.444. The molecule has 158 valence electrons. The molecule has 10 heteroatoms. The molecule has 0 radical (unpaired) electrons. The number of rotatable bonds is 8. The third-order valence-corrected chi connectivity index (χ3v) is 5.50. The van der Waals surface area contributed by atoms with Crippen LogP contribution in [0.5, 0.6) is 0 Å². The van der Waals surface area contributed by atoms with Gasteiger partial charge in [-0.1, -0.05) is 31.5 Å². The molecule has 0 aliphatic heterocycles. The van der Waals surface area contributed by atoms with Crippen LogP contribution in [0.2, 0.25) is 0 Å². The second-order valence-corrected chi connectivity index (χ2v) is 8.67.